The first-order chi connectivity index (χ1) is 14.7. The molecule has 0 unspecified atom stereocenters. The molecule has 0 saturated carbocycles. The number of carbonyl (C=O) groups excluding carboxylic acids is 1. The number of hydrogen-bond donors (Lipinski definition) is 1. The molecule has 2 aromatic heterocycles. The summed E-state index contributed by atoms with van der Waals surface area (Å²) in [5.74, 6) is 0.700. The van der Waals surface area contributed by atoms with Gasteiger partial charge in [-0.3, -0.25) is 4.79 Å². The number of hydrogen-bond acceptors (Lipinski definition) is 4. The number of para-hydroxylation sites is 1. The Hall–Kier alpha value is -3.51. The molecule has 0 bridgehead atoms. The number of fused-ring (bicyclic) bond motifs is 3. The Kier molecular flexibility index (Phi) is 3.76. The van der Waals surface area contributed by atoms with Crippen LogP contribution in [0.3, 0.4) is 0 Å². The highest BCUT2D eigenvalue weighted by Gasteiger charge is 2.34. The van der Waals surface area contributed by atoms with Crippen LogP contribution >= 0.6 is 11.3 Å². The van der Waals surface area contributed by atoms with E-state index in [1.54, 1.807) is 16.0 Å². The molecule has 5 nitrogen and oxygen atoms in total. The van der Waals surface area contributed by atoms with E-state index in [1.807, 2.05) is 37.3 Å². The van der Waals surface area contributed by atoms with Gasteiger partial charge >= 0.3 is 0 Å². The average molecular weight is 411 g/mol. The van der Waals surface area contributed by atoms with Gasteiger partial charge in [0.15, 0.2) is 0 Å². The lowest BCUT2D eigenvalue weighted by atomic mass is 9.83. The maximum atomic E-state index is 12.7. The van der Waals surface area contributed by atoms with Gasteiger partial charge in [-0.2, -0.15) is 9.78 Å². The minimum absolute atomic E-state index is 0.00250. The molecule has 5 aromatic rings. The van der Waals surface area contributed by atoms with Crippen LogP contribution in [0.25, 0.3) is 26.1 Å². The Labute approximate surface area is 177 Å². The van der Waals surface area contributed by atoms with E-state index in [0.29, 0.717) is 6.42 Å². The maximum absolute atomic E-state index is 12.7. The molecule has 3 aromatic carbocycles. The molecule has 1 aliphatic heterocycles. The van der Waals surface area contributed by atoms with Gasteiger partial charge in [0, 0.05) is 17.9 Å². The highest BCUT2D eigenvalue weighted by atomic mass is 32.1. The van der Waals surface area contributed by atoms with Crippen LogP contribution in [0.15, 0.2) is 66.7 Å². The number of rotatable bonds is 2. The number of amides is 1. The second-order valence-corrected chi connectivity index (χ2v) is 8.61. The summed E-state index contributed by atoms with van der Waals surface area (Å²) in [6, 6.07) is 22.7. The van der Waals surface area contributed by atoms with Crippen molar-refractivity contribution >= 4 is 44.1 Å². The van der Waals surface area contributed by atoms with Gasteiger partial charge < -0.3 is 5.32 Å². The van der Waals surface area contributed by atoms with E-state index in [0.717, 1.165) is 38.0 Å². The van der Waals surface area contributed by atoms with Gasteiger partial charge in [0.05, 0.1) is 15.9 Å². The quantitative estimate of drug-likeness (QED) is 0.423. The predicted octanol–water partition coefficient (Wildman–Crippen LogP) is 5.42. The number of anilines is 1. The van der Waals surface area contributed by atoms with Crippen LogP contribution in [0, 0.1) is 6.92 Å². The van der Waals surface area contributed by atoms with Crippen molar-refractivity contribution in [1.82, 2.24) is 14.8 Å². The molecule has 6 heteroatoms. The summed E-state index contributed by atoms with van der Waals surface area (Å²) >= 11 is 1.58. The Morgan fingerprint density at radius 3 is 2.73 bits per heavy atom. The van der Waals surface area contributed by atoms with Crippen molar-refractivity contribution in [3.05, 3.63) is 83.6 Å². The van der Waals surface area contributed by atoms with E-state index in [1.165, 1.54) is 10.8 Å². The van der Waals surface area contributed by atoms with Crippen LogP contribution < -0.4 is 5.32 Å². The van der Waals surface area contributed by atoms with Gasteiger partial charge in [-0.25, -0.2) is 4.98 Å². The number of benzene rings is 3. The first-order valence-electron chi connectivity index (χ1n) is 9.92. The summed E-state index contributed by atoms with van der Waals surface area (Å²) in [6.45, 7) is 2.01. The number of aryl methyl sites for hydroxylation is 1. The first-order valence-corrected chi connectivity index (χ1v) is 10.7. The lowest BCUT2D eigenvalue weighted by Gasteiger charge is -2.25. The second-order valence-electron chi connectivity index (χ2n) is 7.60. The molecule has 1 amide bonds. The third kappa shape index (κ3) is 2.57. The van der Waals surface area contributed by atoms with Gasteiger partial charge in [0.2, 0.25) is 11.0 Å². The molecular weight excluding hydrogens is 392 g/mol. The fraction of sp³-hybridized carbons (Fsp3) is 0.125. The maximum Gasteiger partial charge on any atom is 0.226 e. The summed E-state index contributed by atoms with van der Waals surface area (Å²) in [5, 5.41) is 11.0. The number of aromatic nitrogens is 3. The van der Waals surface area contributed by atoms with Crippen molar-refractivity contribution in [3.63, 3.8) is 0 Å². The molecule has 1 atom stereocenters. The second kappa shape index (κ2) is 6.50. The van der Waals surface area contributed by atoms with E-state index >= 15 is 0 Å². The Bertz CT molecular complexity index is 1410. The molecule has 0 saturated heterocycles. The smallest absolute Gasteiger partial charge is 0.226 e. The molecular formula is C24H18N4OS. The monoisotopic (exact) mass is 410 g/mol. The first kappa shape index (κ1) is 17.4. The highest BCUT2D eigenvalue weighted by molar-refractivity contribution is 7.20. The van der Waals surface area contributed by atoms with E-state index in [2.05, 4.69) is 41.7 Å². The average Bonchev–Trinajstić information content (AvgIpc) is 3.34. The SMILES string of the molecule is Cc1nn(-c2nc3ccccc3s2)c2c1[C@@H](c1cccc3ccccc13)CC(=O)N2. The largest absolute Gasteiger partial charge is 0.310 e. The van der Waals surface area contributed by atoms with Crippen molar-refractivity contribution in [3.8, 4) is 5.13 Å². The molecule has 1 N–H and O–H groups in total. The number of nitrogens with zero attached hydrogens (tertiary/aromatic N) is 3. The van der Waals surface area contributed by atoms with Crippen LogP contribution in [-0.4, -0.2) is 20.7 Å². The standard InChI is InChI=1S/C24H18N4OS/c1-14-22-18(17-10-6-8-15-7-2-3-9-16(15)17)13-21(29)26-23(22)28(27-14)24-25-19-11-4-5-12-20(19)30-24/h2-12,18H,13H2,1H3,(H,26,29)/t18-/m1/s1. The fourth-order valence-corrected chi connectivity index (χ4v) is 5.38. The third-order valence-electron chi connectivity index (χ3n) is 5.77. The van der Waals surface area contributed by atoms with E-state index in [4.69, 9.17) is 10.1 Å². The van der Waals surface area contributed by atoms with Crippen molar-refractivity contribution in [2.24, 2.45) is 0 Å². The van der Waals surface area contributed by atoms with E-state index in [9.17, 15) is 4.79 Å². The summed E-state index contributed by atoms with van der Waals surface area (Å²) in [6.07, 6.45) is 0.410. The summed E-state index contributed by atoms with van der Waals surface area (Å²) < 4.78 is 2.90. The summed E-state index contributed by atoms with van der Waals surface area (Å²) in [5.41, 5.74) is 4.09. The van der Waals surface area contributed by atoms with Gasteiger partial charge in [0.25, 0.3) is 0 Å². The van der Waals surface area contributed by atoms with E-state index in [-0.39, 0.29) is 11.8 Å². The zero-order valence-corrected chi connectivity index (χ0v) is 17.1. The minimum atomic E-state index is -0.0389. The van der Waals surface area contributed by atoms with Gasteiger partial charge in [-0.15, -0.1) is 0 Å². The van der Waals surface area contributed by atoms with Crippen LogP contribution in [0.5, 0.6) is 0 Å². The third-order valence-corrected chi connectivity index (χ3v) is 6.78. The fourth-order valence-electron chi connectivity index (χ4n) is 4.46. The van der Waals surface area contributed by atoms with Crippen molar-refractivity contribution in [1.29, 1.82) is 0 Å². The van der Waals surface area contributed by atoms with Crippen LogP contribution in [-0.2, 0) is 4.79 Å². The van der Waals surface area contributed by atoms with Crippen LogP contribution in [0.1, 0.15) is 29.2 Å². The Morgan fingerprint density at radius 2 is 1.83 bits per heavy atom. The van der Waals surface area contributed by atoms with Gasteiger partial charge in [-0.05, 0) is 35.4 Å². The molecule has 146 valence electrons. The van der Waals surface area contributed by atoms with Gasteiger partial charge in [-0.1, -0.05) is 65.9 Å². The van der Waals surface area contributed by atoms with Crippen molar-refractivity contribution in [2.45, 2.75) is 19.3 Å². The number of nitrogens with one attached hydrogen (secondary N) is 1. The molecule has 0 aliphatic carbocycles. The van der Waals surface area contributed by atoms with E-state index < -0.39 is 0 Å². The highest BCUT2D eigenvalue weighted by Crippen LogP contribution is 2.42. The summed E-state index contributed by atoms with van der Waals surface area (Å²) in [4.78, 5) is 17.5. The Morgan fingerprint density at radius 1 is 1.03 bits per heavy atom. The van der Waals surface area contributed by atoms with Crippen LogP contribution in [0.4, 0.5) is 5.82 Å². The predicted molar refractivity (Wildman–Crippen MR) is 121 cm³/mol. The lowest BCUT2D eigenvalue weighted by Crippen LogP contribution is -2.25. The number of carbonyl (C=O) groups is 1. The zero-order chi connectivity index (χ0) is 20.2. The molecule has 0 fully saturated rings. The van der Waals surface area contributed by atoms with Crippen molar-refractivity contribution in [2.75, 3.05) is 5.32 Å². The number of thiazole rings is 1. The topological polar surface area (TPSA) is 59.8 Å². The Balaban J connectivity index is 1.56. The molecule has 1 aliphatic rings. The molecule has 0 radical (unpaired) electrons. The van der Waals surface area contributed by atoms with Crippen molar-refractivity contribution < 1.29 is 4.79 Å². The zero-order valence-electron chi connectivity index (χ0n) is 16.3. The van der Waals surface area contributed by atoms with Crippen LogP contribution in [0.2, 0.25) is 0 Å². The molecule has 0 spiro atoms. The van der Waals surface area contributed by atoms with Gasteiger partial charge in [0.1, 0.15) is 5.82 Å². The minimum Gasteiger partial charge on any atom is -0.310 e. The lowest BCUT2D eigenvalue weighted by molar-refractivity contribution is -0.116. The normalized spacial score (nSPS) is 16.0. The molecule has 3 heterocycles. The molecule has 30 heavy (non-hydrogen) atoms. The molecule has 6 rings (SSSR count). The summed E-state index contributed by atoms with van der Waals surface area (Å²) in [7, 11) is 0.